The van der Waals surface area contributed by atoms with Crippen molar-refractivity contribution in [2.75, 3.05) is 11.6 Å². The predicted octanol–water partition coefficient (Wildman–Crippen LogP) is 3.67. The first-order valence-electron chi connectivity index (χ1n) is 6.74. The second kappa shape index (κ2) is 3.28. The molecule has 3 aliphatic rings. The summed E-state index contributed by atoms with van der Waals surface area (Å²) in [5.74, 6) is 0.399. The van der Waals surface area contributed by atoms with Gasteiger partial charge in [-0.15, -0.1) is 0 Å². The van der Waals surface area contributed by atoms with Crippen molar-refractivity contribution >= 4 is 11.8 Å². The standard InChI is InChI=1S/C17H13NO/c1-2-6-13-11(5-1)9-12-10-18-15-8-4-3-7-14(15)17(19-18)16(12)13/h1-9,16-17H,10H2. The van der Waals surface area contributed by atoms with Crippen molar-refractivity contribution < 1.29 is 4.84 Å². The van der Waals surface area contributed by atoms with E-state index >= 15 is 0 Å². The fourth-order valence-electron chi connectivity index (χ4n) is 3.65. The van der Waals surface area contributed by atoms with Crippen molar-refractivity contribution in [3.63, 3.8) is 0 Å². The molecule has 2 aromatic carbocycles. The van der Waals surface area contributed by atoms with Gasteiger partial charge in [-0.25, -0.2) is 5.06 Å². The number of fused-ring (bicyclic) bond motifs is 9. The molecule has 0 N–H and O–H groups in total. The average molecular weight is 247 g/mol. The maximum absolute atomic E-state index is 6.13. The lowest BCUT2D eigenvalue weighted by molar-refractivity contribution is 0.0268. The molecule has 2 atom stereocenters. The summed E-state index contributed by atoms with van der Waals surface area (Å²) in [6, 6.07) is 17.2. The van der Waals surface area contributed by atoms with Crippen molar-refractivity contribution in [2.45, 2.75) is 12.0 Å². The summed E-state index contributed by atoms with van der Waals surface area (Å²) in [5, 5.41) is 2.05. The van der Waals surface area contributed by atoms with Gasteiger partial charge in [0.1, 0.15) is 6.10 Å². The largest absolute Gasteiger partial charge is 0.264 e. The van der Waals surface area contributed by atoms with Crippen LogP contribution in [0.1, 0.15) is 28.7 Å². The van der Waals surface area contributed by atoms with Gasteiger partial charge in [0, 0.05) is 11.5 Å². The van der Waals surface area contributed by atoms with Gasteiger partial charge in [0.2, 0.25) is 0 Å². The number of hydrogen-bond donors (Lipinski definition) is 0. The molecule has 0 radical (unpaired) electrons. The predicted molar refractivity (Wildman–Crippen MR) is 74.8 cm³/mol. The van der Waals surface area contributed by atoms with Crippen LogP contribution in [0.5, 0.6) is 0 Å². The summed E-state index contributed by atoms with van der Waals surface area (Å²) in [7, 11) is 0. The van der Waals surface area contributed by atoms with Crippen LogP contribution in [0.25, 0.3) is 6.08 Å². The third-order valence-electron chi connectivity index (χ3n) is 4.45. The smallest absolute Gasteiger partial charge is 0.123 e. The van der Waals surface area contributed by atoms with Crippen LogP contribution in [0.3, 0.4) is 0 Å². The quantitative estimate of drug-likeness (QED) is 0.704. The van der Waals surface area contributed by atoms with Crippen LogP contribution < -0.4 is 5.06 Å². The highest BCUT2D eigenvalue weighted by Gasteiger charge is 2.45. The number of nitrogens with zero attached hydrogens (tertiary/aromatic N) is 1. The normalized spacial score (nSPS) is 25.7. The van der Waals surface area contributed by atoms with Crippen LogP contribution in [-0.4, -0.2) is 6.54 Å². The van der Waals surface area contributed by atoms with Gasteiger partial charge in [0.25, 0.3) is 0 Å². The molecule has 0 amide bonds. The van der Waals surface area contributed by atoms with Crippen molar-refractivity contribution in [2.24, 2.45) is 0 Å². The van der Waals surface area contributed by atoms with E-state index < -0.39 is 0 Å². The van der Waals surface area contributed by atoms with Gasteiger partial charge in [-0.3, -0.25) is 4.84 Å². The Labute approximate surface area is 111 Å². The summed E-state index contributed by atoms with van der Waals surface area (Å²) >= 11 is 0. The van der Waals surface area contributed by atoms with E-state index in [1.807, 2.05) is 5.06 Å². The Kier molecular flexibility index (Phi) is 1.69. The molecule has 1 saturated heterocycles. The van der Waals surface area contributed by atoms with Gasteiger partial charge >= 0.3 is 0 Å². The Morgan fingerprint density at radius 2 is 1.74 bits per heavy atom. The summed E-state index contributed by atoms with van der Waals surface area (Å²) < 4.78 is 0. The molecule has 0 spiro atoms. The molecule has 2 nitrogen and oxygen atoms in total. The zero-order valence-electron chi connectivity index (χ0n) is 10.4. The van der Waals surface area contributed by atoms with E-state index in [1.165, 1.54) is 28.0 Å². The molecule has 2 aromatic rings. The molecule has 2 heteroatoms. The Morgan fingerprint density at radius 1 is 0.947 bits per heavy atom. The highest BCUT2D eigenvalue weighted by molar-refractivity contribution is 5.72. The van der Waals surface area contributed by atoms with E-state index in [9.17, 15) is 0 Å². The van der Waals surface area contributed by atoms with E-state index in [0.29, 0.717) is 5.92 Å². The van der Waals surface area contributed by atoms with Crippen molar-refractivity contribution in [1.82, 2.24) is 0 Å². The maximum Gasteiger partial charge on any atom is 0.123 e. The fourth-order valence-corrected chi connectivity index (χ4v) is 3.65. The van der Waals surface area contributed by atoms with Gasteiger partial charge < -0.3 is 0 Å². The minimum absolute atomic E-state index is 0.153. The number of hydrogen-bond acceptors (Lipinski definition) is 2. The van der Waals surface area contributed by atoms with Gasteiger partial charge in [-0.2, -0.15) is 0 Å². The van der Waals surface area contributed by atoms with Crippen LogP contribution >= 0.6 is 0 Å². The lowest BCUT2D eigenvalue weighted by Crippen LogP contribution is -2.30. The van der Waals surface area contributed by atoms with Crippen molar-refractivity contribution in [3.8, 4) is 0 Å². The first-order valence-corrected chi connectivity index (χ1v) is 6.74. The van der Waals surface area contributed by atoms with E-state index in [4.69, 9.17) is 4.84 Å². The Morgan fingerprint density at radius 3 is 2.68 bits per heavy atom. The summed E-state index contributed by atoms with van der Waals surface area (Å²) in [5.41, 5.74) is 6.82. The molecule has 0 saturated carbocycles. The first kappa shape index (κ1) is 9.82. The highest BCUT2D eigenvalue weighted by atomic mass is 16.7. The minimum Gasteiger partial charge on any atom is -0.264 e. The van der Waals surface area contributed by atoms with Crippen LogP contribution in [-0.2, 0) is 4.84 Å². The van der Waals surface area contributed by atoms with Crippen LogP contribution in [0.15, 0.2) is 54.1 Å². The average Bonchev–Trinajstić information content (AvgIpc) is 2.97. The molecule has 5 rings (SSSR count). The lowest BCUT2D eigenvalue weighted by atomic mass is 9.87. The SMILES string of the molecule is C1=C2CN3OC(c4ccccc43)C2c2ccccc21. The van der Waals surface area contributed by atoms with E-state index in [0.717, 1.165) is 6.54 Å². The van der Waals surface area contributed by atoms with Gasteiger partial charge in [-0.1, -0.05) is 48.5 Å². The Balaban J connectivity index is 1.73. The van der Waals surface area contributed by atoms with E-state index in [1.54, 1.807) is 0 Å². The van der Waals surface area contributed by atoms with Crippen molar-refractivity contribution in [1.29, 1.82) is 0 Å². The van der Waals surface area contributed by atoms with Crippen LogP contribution in [0, 0.1) is 0 Å². The monoisotopic (exact) mass is 247 g/mol. The molecule has 19 heavy (non-hydrogen) atoms. The fraction of sp³-hybridized carbons (Fsp3) is 0.176. The molecule has 2 aliphatic heterocycles. The molecule has 2 bridgehead atoms. The van der Waals surface area contributed by atoms with Gasteiger partial charge in [0.15, 0.2) is 0 Å². The first-order chi connectivity index (χ1) is 9.42. The summed E-state index contributed by atoms with van der Waals surface area (Å²) in [4.78, 5) is 6.13. The molecule has 1 fully saturated rings. The third kappa shape index (κ3) is 1.15. The molecule has 2 heterocycles. The second-order valence-corrected chi connectivity index (χ2v) is 5.45. The van der Waals surface area contributed by atoms with E-state index in [2.05, 4.69) is 54.6 Å². The Bertz CT molecular complexity index is 719. The zero-order valence-corrected chi connectivity index (χ0v) is 10.4. The number of benzene rings is 2. The number of anilines is 1. The van der Waals surface area contributed by atoms with E-state index in [-0.39, 0.29) is 6.10 Å². The van der Waals surface area contributed by atoms with Gasteiger partial charge in [0.05, 0.1) is 12.2 Å². The number of para-hydroxylation sites is 1. The second-order valence-electron chi connectivity index (χ2n) is 5.45. The topological polar surface area (TPSA) is 12.5 Å². The van der Waals surface area contributed by atoms with Gasteiger partial charge in [-0.05, 0) is 22.8 Å². The molecule has 92 valence electrons. The van der Waals surface area contributed by atoms with Crippen LogP contribution in [0.4, 0.5) is 5.69 Å². The van der Waals surface area contributed by atoms with Crippen molar-refractivity contribution in [3.05, 3.63) is 70.8 Å². The Hall–Kier alpha value is -2.06. The molecule has 0 aromatic heterocycles. The number of hydroxylamine groups is 1. The molecular weight excluding hydrogens is 234 g/mol. The third-order valence-corrected chi connectivity index (χ3v) is 4.45. The van der Waals surface area contributed by atoms with Crippen LogP contribution in [0.2, 0.25) is 0 Å². The summed E-state index contributed by atoms with van der Waals surface area (Å²) in [6.07, 6.45) is 2.49. The number of rotatable bonds is 0. The maximum atomic E-state index is 6.13. The minimum atomic E-state index is 0.153. The zero-order chi connectivity index (χ0) is 12.4. The highest BCUT2D eigenvalue weighted by Crippen LogP contribution is 2.55. The summed E-state index contributed by atoms with van der Waals surface area (Å²) in [6.45, 7) is 0.882. The molecule has 2 unspecified atom stereocenters. The molecular formula is C17H13NO. The lowest BCUT2D eigenvalue weighted by Gasteiger charge is -2.31. The molecule has 1 aliphatic carbocycles.